The van der Waals surface area contributed by atoms with E-state index in [4.69, 9.17) is 11.6 Å². The summed E-state index contributed by atoms with van der Waals surface area (Å²) in [5.74, 6) is 1.35. The van der Waals surface area contributed by atoms with Crippen LogP contribution < -0.4 is 10.6 Å². The van der Waals surface area contributed by atoms with Gasteiger partial charge in [-0.1, -0.05) is 11.6 Å². The summed E-state index contributed by atoms with van der Waals surface area (Å²) in [7, 11) is 0. The van der Waals surface area contributed by atoms with Crippen LogP contribution in [0.25, 0.3) is 0 Å². The quantitative estimate of drug-likeness (QED) is 0.882. The molecular formula is C12H14ClF3N4. The lowest BCUT2D eigenvalue weighted by molar-refractivity contribution is -0.137. The minimum absolute atomic E-state index is 0.139. The van der Waals surface area contributed by atoms with Gasteiger partial charge in [0, 0.05) is 6.04 Å². The van der Waals surface area contributed by atoms with Gasteiger partial charge in [0.2, 0.25) is 0 Å². The zero-order valence-electron chi connectivity index (χ0n) is 10.5. The van der Waals surface area contributed by atoms with Crippen LogP contribution in [0.5, 0.6) is 0 Å². The highest BCUT2D eigenvalue weighted by Gasteiger charge is 2.38. The first-order valence-corrected chi connectivity index (χ1v) is 6.89. The molecule has 2 aliphatic rings. The van der Waals surface area contributed by atoms with E-state index >= 15 is 0 Å². The molecule has 0 amide bonds. The van der Waals surface area contributed by atoms with Crippen molar-refractivity contribution in [2.75, 3.05) is 18.4 Å². The van der Waals surface area contributed by atoms with Gasteiger partial charge in [-0.05, 0) is 43.8 Å². The molecule has 2 heterocycles. The standard InChI is InChI=1S/C12H14ClF3N4/c13-11-9(12(14,15)16)3-10(19-20-11)18-8-1-6-4-17-5-7(6)2-8/h3,6-8,17H,1-2,4-5H2,(H,18,19)/t6-,7+,8-. The third kappa shape index (κ3) is 2.69. The monoisotopic (exact) mass is 306 g/mol. The highest BCUT2D eigenvalue weighted by molar-refractivity contribution is 6.30. The number of nitrogens with zero attached hydrogens (tertiary/aromatic N) is 2. The van der Waals surface area contributed by atoms with E-state index in [-0.39, 0.29) is 11.9 Å². The van der Waals surface area contributed by atoms with Crippen molar-refractivity contribution in [2.24, 2.45) is 11.8 Å². The maximum absolute atomic E-state index is 12.7. The Hall–Kier alpha value is -1.08. The van der Waals surface area contributed by atoms with E-state index in [9.17, 15) is 13.2 Å². The normalized spacial score (nSPS) is 29.5. The van der Waals surface area contributed by atoms with Crippen LogP contribution in [0.4, 0.5) is 19.0 Å². The van der Waals surface area contributed by atoms with E-state index in [0.29, 0.717) is 11.8 Å². The maximum atomic E-state index is 12.7. The lowest BCUT2D eigenvalue weighted by Gasteiger charge is -2.15. The lowest BCUT2D eigenvalue weighted by Crippen LogP contribution is -2.21. The van der Waals surface area contributed by atoms with Crippen LogP contribution >= 0.6 is 11.6 Å². The van der Waals surface area contributed by atoms with E-state index in [1.54, 1.807) is 0 Å². The molecule has 1 aromatic heterocycles. The smallest absolute Gasteiger partial charge is 0.366 e. The Bertz CT molecular complexity index is 496. The number of aromatic nitrogens is 2. The van der Waals surface area contributed by atoms with Crippen LogP contribution in [-0.2, 0) is 6.18 Å². The van der Waals surface area contributed by atoms with Crippen LogP contribution in [0.1, 0.15) is 18.4 Å². The SMILES string of the molecule is FC(F)(F)c1cc(N[C@H]2C[C@H]3CNC[C@H]3C2)nnc1Cl. The molecule has 3 atom stereocenters. The highest BCUT2D eigenvalue weighted by Crippen LogP contribution is 2.37. The lowest BCUT2D eigenvalue weighted by atomic mass is 10.0. The average molecular weight is 307 g/mol. The van der Waals surface area contributed by atoms with Gasteiger partial charge < -0.3 is 10.6 Å². The van der Waals surface area contributed by atoms with Gasteiger partial charge in [-0.25, -0.2) is 0 Å². The van der Waals surface area contributed by atoms with Crippen molar-refractivity contribution in [3.05, 3.63) is 16.8 Å². The number of fused-ring (bicyclic) bond motifs is 1. The molecule has 0 bridgehead atoms. The van der Waals surface area contributed by atoms with Gasteiger partial charge in [-0.2, -0.15) is 13.2 Å². The topological polar surface area (TPSA) is 49.8 Å². The molecule has 0 aromatic carbocycles. The fourth-order valence-electron chi connectivity index (χ4n) is 3.14. The molecule has 0 spiro atoms. The Labute approximate surface area is 119 Å². The third-order valence-electron chi connectivity index (χ3n) is 4.06. The van der Waals surface area contributed by atoms with E-state index in [0.717, 1.165) is 32.0 Å². The number of hydrogen-bond acceptors (Lipinski definition) is 4. The molecule has 1 saturated heterocycles. The zero-order valence-corrected chi connectivity index (χ0v) is 11.3. The van der Waals surface area contributed by atoms with E-state index in [1.165, 1.54) is 0 Å². The number of hydrogen-bond donors (Lipinski definition) is 2. The maximum Gasteiger partial charge on any atom is 0.419 e. The van der Waals surface area contributed by atoms with Crippen molar-refractivity contribution in [1.29, 1.82) is 0 Å². The molecule has 110 valence electrons. The molecule has 0 unspecified atom stereocenters. The molecule has 8 heteroatoms. The van der Waals surface area contributed by atoms with E-state index in [2.05, 4.69) is 20.8 Å². The van der Waals surface area contributed by atoms with Gasteiger partial charge in [-0.3, -0.25) is 0 Å². The van der Waals surface area contributed by atoms with Crippen molar-refractivity contribution in [3.8, 4) is 0 Å². The first kappa shape index (κ1) is 13.9. The Morgan fingerprint density at radius 2 is 1.85 bits per heavy atom. The molecule has 1 aliphatic heterocycles. The molecule has 1 saturated carbocycles. The van der Waals surface area contributed by atoms with Crippen molar-refractivity contribution in [1.82, 2.24) is 15.5 Å². The summed E-state index contributed by atoms with van der Waals surface area (Å²) in [4.78, 5) is 0. The highest BCUT2D eigenvalue weighted by atomic mass is 35.5. The molecule has 2 fully saturated rings. The van der Waals surface area contributed by atoms with Crippen LogP contribution in [0, 0.1) is 11.8 Å². The predicted octanol–water partition coefficient (Wildman–Crippen LogP) is 2.56. The zero-order chi connectivity index (χ0) is 14.3. The van der Waals surface area contributed by atoms with Crippen LogP contribution in [0.15, 0.2) is 6.07 Å². The van der Waals surface area contributed by atoms with Gasteiger partial charge in [0.15, 0.2) is 5.15 Å². The van der Waals surface area contributed by atoms with Crippen molar-refractivity contribution < 1.29 is 13.2 Å². The second-order valence-electron chi connectivity index (χ2n) is 5.42. The number of rotatable bonds is 2. The Morgan fingerprint density at radius 3 is 2.45 bits per heavy atom. The summed E-state index contributed by atoms with van der Waals surface area (Å²) in [6, 6.07) is 1.09. The molecule has 4 nitrogen and oxygen atoms in total. The molecule has 0 radical (unpaired) electrons. The Balaban J connectivity index is 1.72. The second-order valence-corrected chi connectivity index (χ2v) is 5.78. The largest absolute Gasteiger partial charge is 0.419 e. The number of nitrogens with one attached hydrogen (secondary N) is 2. The third-order valence-corrected chi connectivity index (χ3v) is 4.34. The Morgan fingerprint density at radius 1 is 1.20 bits per heavy atom. The fraction of sp³-hybridized carbons (Fsp3) is 0.667. The molecule has 3 rings (SSSR count). The number of anilines is 1. The van der Waals surface area contributed by atoms with Gasteiger partial charge in [-0.15, -0.1) is 10.2 Å². The van der Waals surface area contributed by atoms with Crippen molar-refractivity contribution in [3.63, 3.8) is 0 Å². The molecule has 1 aromatic rings. The molecule has 2 N–H and O–H groups in total. The van der Waals surface area contributed by atoms with Crippen LogP contribution in [0.3, 0.4) is 0 Å². The first-order valence-electron chi connectivity index (χ1n) is 6.51. The van der Waals surface area contributed by atoms with E-state index in [1.807, 2.05) is 0 Å². The number of alkyl halides is 3. The van der Waals surface area contributed by atoms with Gasteiger partial charge in [0.25, 0.3) is 0 Å². The van der Waals surface area contributed by atoms with Crippen LogP contribution in [-0.4, -0.2) is 29.3 Å². The molecular weight excluding hydrogens is 293 g/mol. The minimum Gasteiger partial charge on any atom is -0.366 e. The predicted molar refractivity (Wildman–Crippen MR) is 68.5 cm³/mol. The second kappa shape index (κ2) is 5.04. The summed E-state index contributed by atoms with van der Waals surface area (Å²) in [5.41, 5.74) is -0.948. The van der Waals surface area contributed by atoms with E-state index < -0.39 is 16.9 Å². The van der Waals surface area contributed by atoms with Crippen LogP contribution in [0.2, 0.25) is 5.15 Å². The fourth-order valence-corrected chi connectivity index (χ4v) is 3.34. The average Bonchev–Trinajstić information content (AvgIpc) is 2.90. The Kier molecular flexibility index (Phi) is 3.50. The first-order chi connectivity index (χ1) is 9.43. The summed E-state index contributed by atoms with van der Waals surface area (Å²) >= 11 is 5.45. The summed E-state index contributed by atoms with van der Waals surface area (Å²) in [6.45, 7) is 1.98. The minimum atomic E-state index is -4.51. The molecule has 20 heavy (non-hydrogen) atoms. The summed E-state index contributed by atoms with van der Waals surface area (Å²) < 4.78 is 38.2. The van der Waals surface area contributed by atoms with Gasteiger partial charge >= 0.3 is 6.18 Å². The van der Waals surface area contributed by atoms with Gasteiger partial charge in [0.1, 0.15) is 5.82 Å². The van der Waals surface area contributed by atoms with Crippen molar-refractivity contribution in [2.45, 2.75) is 25.1 Å². The molecule has 1 aliphatic carbocycles. The summed E-state index contributed by atoms with van der Waals surface area (Å²) in [5, 5.41) is 12.8. The number of halogens is 4. The van der Waals surface area contributed by atoms with Gasteiger partial charge in [0.05, 0.1) is 5.56 Å². The summed E-state index contributed by atoms with van der Waals surface area (Å²) in [6.07, 6.45) is -2.62. The van der Waals surface area contributed by atoms with Crippen molar-refractivity contribution >= 4 is 17.4 Å².